The van der Waals surface area contributed by atoms with Crippen LogP contribution in [0.15, 0.2) is 0 Å². The number of thioether (sulfide) groups is 1. The zero-order chi connectivity index (χ0) is 8.27. The molecule has 0 aromatic carbocycles. The number of rotatable bonds is 3. The van der Waals surface area contributed by atoms with Gasteiger partial charge in [0.15, 0.2) is 0 Å². The van der Waals surface area contributed by atoms with Crippen molar-refractivity contribution >= 4 is 30.1 Å². The third-order valence-corrected chi connectivity index (χ3v) is 2.77. The monoisotopic (exact) mass is 210 g/mol. The van der Waals surface area contributed by atoms with E-state index in [4.69, 9.17) is 0 Å². The van der Waals surface area contributed by atoms with Gasteiger partial charge in [-0.15, -0.1) is 12.4 Å². The fourth-order valence-electron chi connectivity index (χ4n) is 0.816. The van der Waals surface area contributed by atoms with Crippen molar-refractivity contribution in [3.63, 3.8) is 0 Å². The lowest BCUT2D eigenvalue weighted by molar-refractivity contribution is -0.121. The van der Waals surface area contributed by atoms with Gasteiger partial charge in [-0.1, -0.05) is 0 Å². The van der Waals surface area contributed by atoms with E-state index in [9.17, 15) is 4.79 Å². The number of hydrogen-bond donors (Lipinski definition) is 2. The summed E-state index contributed by atoms with van der Waals surface area (Å²) in [6.07, 6.45) is 1.95. The molecule has 1 aliphatic rings. The van der Waals surface area contributed by atoms with Crippen LogP contribution in [0, 0.1) is 0 Å². The van der Waals surface area contributed by atoms with Crippen LogP contribution in [0.5, 0.6) is 0 Å². The second kappa shape index (κ2) is 5.67. The lowest BCUT2D eigenvalue weighted by Gasteiger charge is -2.28. The summed E-state index contributed by atoms with van der Waals surface area (Å²) in [4.78, 5) is 11.2. The first-order valence-electron chi connectivity index (χ1n) is 3.78. The van der Waals surface area contributed by atoms with Crippen LogP contribution in [-0.2, 0) is 4.79 Å². The van der Waals surface area contributed by atoms with Crippen molar-refractivity contribution < 1.29 is 4.79 Å². The summed E-state index contributed by atoms with van der Waals surface area (Å²) in [6, 6.07) is 0.372. The molecule has 0 saturated carbocycles. The first-order valence-corrected chi connectivity index (χ1v) is 5.06. The molecule has 5 heteroatoms. The highest BCUT2D eigenvalue weighted by atomic mass is 35.5. The molecule has 0 aliphatic carbocycles. The minimum absolute atomic E-state index is 0. The Morgan fingerprint density at radius 3 is 2.58 bits per heavy atom. The summed E-state index contributed by atoms with van der Waals surface area (Å²) in [5.74, 6) is 0.156. The topological polar surface area (TPSA) is 41.1 Å². The van der Waals surface area contributed by atoms with E-state index in [0.717, 1.165) is 13.1 Å². The van der Waals surface area contributed by atoms with Crippen molar-refractivity contribution in [1.82, 2.24) is 10.6 Å². The van der Waals surface area contributed by atoms with Crippen LogP contribution in [0.4, 0.5) is 0 Å². The molecule has 2 N–H and O–H groups in total. The smallest absolute Gasteiger partial charge is 0.233 e. The van der Waals surface area contributed by atoms with E-state index < -0.39 is 0 Å². The summed E-state index contributed by atoms with van der Waals surface area (Å²) in [5, 5.41) is 6.13. The van der Waals surface area contributed by atoms with Crippen LogP contribution < -0.4 is 10.6 Å². The second-order valence-electron chi connectivity index (χ2n) is 2.74. The summed E-state index contributed by atoms with van der Waals surface area (Å²) >= 11 is 1.58. The molecule has 1 saturated heterocycles. The predicted octanol–water partition coefficient (Wildman–Crippen LogP) is 0.248. The minimum Gasteiger partial charge on any atom is -0.350 e. The zero-order valence-corrected chi connectivity index (χ0v) is 8.93. The van der Waals surface area contributed by atoms with Crippen LogP contribution in [0.25, 0.3) is 0 Å². The Morgan fingerprint density at radius 2 is 2.25 bits per heavy atom. The van der Waals surface area contributed by atoms with Gasteiger partial charge in [0.05, 0.1) is 11.3 Å². The third-order valence-electron chi connectivity index (χ3n) is 1.85. The molecule has 1 unspecified atom stereocenters. The van der Waals surface area contributed by atoms with E-state index in [-0.39, 0.29) is 23.6 Å². The highest BCUT2D eigenvalue weighted by Crippen LogP contribution is 2.05. The Bertz CT molecular complexity index is 152. The molecule has 1 aliphatic heterocycles. The van der Waals surface area contributed by atoms with E-state index in [1.165, 1.54) is 0 Å². The molecule has 1 amide bonds. The number of hydrogen-bond acceptors (Lipinski definition) is 3. The average molecular weight is 211 g/mol. The number of halogens is 1. The summed E-state index contributed by atoms with van der Waals surface area (Å²) in [5.41, 5.74) is 0. The van der Waals surface area contributed by atoms with Crippen molar-refractivity contribution in [1.29, 1.82) is 0 Å². The van der Waals surface area contributed by atoms with Gasteiger partial charge in [-0.05, 0) is 13.2 Å². The molecular formula is C7H15ClN2OS. The zero-order valence-electron chi connectivity index (χ0n) is 7.29. The van der Waals surface area contributed by atoms with Crippen molar-refractivity contribution in [3.05, 3.63) is 0 Å². The lowest BCUT2D eigenvalue weighted by atomic mass is 10.2. The maximum Gasteiger partial charge on any atom is 0.233 e. The predicted molar refractivity (Wildman–Crippen MR) is 55.0 cm³/mol. The van der Waals surface area contributed by atoms with Crippen molar-refractivity contribution in [2.24, 2.45) is 0 Å². The Kier molecular flexibility index (Phi) is 5.70. The van der Waals surface area contributed by atoms with Crippen LogP contribution in [0.1, 0.15) is 6.92 Å². The van der Waals surface area contributed by atoms with Gasteiger partial charge in [0, 0.05) is 13.1 Å². The summed E-state index contributed by atoms with van der Waals surface area (Å²) in [6.45, 7) is 3.77. The van der Waals surface area contributed by atoms with Gasteiger partial charge in [0.1, 0.15) is 0 Å². The molecular weight excluding hydrogens is 196 g/mol. The SMILES string of the molecule is CSC(C)C(=O)NC1CNC1.Cl. The molecule has 1 heterocycles. The number of amides is 1. The number of carbonyl (C=O) groups is 1. The molecule has 0 radical (unpaired) electrons. The fourth-order valence-corrected chi connectivity index (χ4v) is 1.10. The largest absolute Gasteiger partial charge is 0.350 e. The molecule has 1 fully saturated rings. The van der Waals surface area contributed by atoms with Crippen molar-refractivity contribution in [3.8, 4) is 0 Å². The number of nitrogens with one attached hydrogen (secondary N) is 2. The van der Waals surface area contributed by atoms with Crippen molar-refractivity contribution in [2.45, 2.75) is 18.2 Å². The molecule has 0 bridgehead atoms. The molecule has 0 spiro atoms. The van der Waals surface area contributed by atoms with Crippen LogP contribution in [0.3, 0.4) is 0 Å². The molecule has 0 aromatic heterocycles. The Balaban J connectivity index is 0.00000121. The standard InChI is InChI=1S/C7H14N2OS.ClH/c1-5(11-2)7(10)9-6-3-8-4-6;/h5-6,8H,3-4H2,1-2H3,(H,9,10);1H. The van der Waals surface area contributed by atoms with Crippen LogP contribution in [0.2, 0.25) is 0 Å². The van der Waals surface area contributed by atoms with Gasteiger partial charge in [-0.2, -0.15) is 11.8 Å². The van der Waals surface area contributed by atoms with Gasteiger partial charge in [-0.3, -0.25) is 4.79 Å². The first kappa shape index (κ1) is 12.1. The normalized spacial score (nSPS) is 18.8. The quantitative estimate of drug-likeness (QED) is 0.702. The number of carbonyl (C=O) groups excluding carboxylic acids is 1. The van der Waals surface area contributed by atoms with E-state index in [2.05, 4.69) is 10.6 Å². The van der Waals surface area contributed by atoms with Crippen molar-refractivity contribution in [2.75, 3.05) is 19.3 Å². The molecule has 1 atom stereocenters. The molecule has 1 rings (SSSR count). The van der Waals surface area contributed by atoms with E-state index in [1.807, 2.05) is 13.2 Å². The van der Waals surface area contributed by atoms with Gasteiger partial charge >= 0.3 is 0 Å². The lowest BCUT2D eigenvalue weighted by Crippen LogP contribution is -2.58. The Hall–Kier alpha value is 0.0700. The highest BCUT2D eigenvalue weighted by molar-refractivity contribution is 7.99. The van der Waals surface area contributed by atoms with Crippen LogP contribution in [-0.4, -0.2) is 36.5 Å². The van der Waals surface area contributed by atoms with E-state index in [0.29, 0.717) is 6.04 Å². The Labute approximate surface area is 83.5 Å². The average Bonchev–Trinajstić information content (AvgIpc) is 1.94. The molecule has 0 aromatic rings. The minimum atomic E-state index is 0. The first-order chi connectivity index (χ1) is 5.24. The van der Waals surface area contributed by atoms with E-state index >= 15 is 0 Å². The molecule has 3 nitrogen and oxygen atoms in total. The van der Waals surface area contributed by atoms with Gasteiger partial charge in [0.2, 0.25) is 5.91 Å². The third kappa shape index (κ3) is 3.21. The molecule has 12 heavy (non-hydrogen) atoms. The Morgan fingerprint density at radius 1 is 1.67 bits per heavy atom. The van der Waals surface area contributed by atoms with Gasteiger partial charge < -0.3 is 10.6 Å². The van der Waals surface area contributed by atoms with Crippen LogP contribution >= 0.6 is 24.2 Å². The fraction of sp³-hybridized carbons (Fsp3) is 0.857. The highest BCUT2D eigenvalue weighted by Gasteiger charge is 2.20. The second-order valence-corrected chi connectivity index (χ2v) is 3.92. The van der Waals surface area contributed by atoms with E-state index in [1.54, 1.807) is 11.8 Å². The maximum absolute atomic E-state index is 11.2. The summed E-state index contributed by atoms with van der Waals surface area (Å²) < 4.78 is 0. The maximum atomic E-state index is 11.2. The van der Waals surface area contributed by atoms with Gasteiger partial charge in [-0.25, -0.2) is 0 Å². The summed E-state index contributed by atoms with van der Waals surface area (Å²) in [7, 11) is 0. The molecule has 72 valence electrons. The van der Waals surface area contributed by atoms with Gasteiger partial charge in [0.25, 0.3) is 0 Å².